The molecule has 0 radical (unpaired) electrons. The molecule has 0 spiro atoms. The second-order valence-corrected chi connectivity index (χ2v) is 9.19. The van der Waals surface area contributed by atoms with E-state index < -0.39 is 10.1 Å². The van der Waals surface area contributed by atoms with Gasteiger partial charge in [-0.2, -0.15) is 8.42 Å². The molecule has 6 nitrogen and oxygen atoms in total. The number of nitrogens with zero attached hydrogens (tertiary/aromatic N) is 1. The zero-order chi connectivity index (χ0) is 22.1. The van der Waals surface area contributed by atoms with Gasteiger partial charge in [0.1, 0.15) is 11.5 Å². The Morgan fingerprint density at radius 2 is 1.73 bits per heavy atom. The molecule has 2 rings (SSSR count). The number of carbonyl (C=O) groups is 1. The summed E-state index contributed by atoms with van der Waals surface area (Å²) in [6.45, 7) is 8.53. The predicted molar refractivity (Wildman–Crippen MR) is 118 cm³/mol. The van der Waals surface area contributed by atoms with Gasteiger partial charge in [0.25, 0.3) is 5.91 Å². The summed E-state index contributed by atoms with van der Waals surface area (Å²) in [7, 11) is -3.60. The lowest BCUT2D eigenvalue weighted by atomic mass is 10.1. The van der Waals surface area contributed by atoms with Gasteiger partial charge in [-0.15, -0.1) is 0 Å². The van der Waals surface area contributed by atoms with E-state index in [4.69, 9.17) is 8.92 Å². The number of rotatable bonds is 11. The number of amides is 1. The Labute approximate surface area is 179 Å². The van der Waals surface area contributed by atoms with E-state index in [1.165, 1.54) is 6.92 Å². The monoisotopic (exact) mass is 433 g/mol. The van der Waals surface area contributed by atoms with Crippen molar-refractivity contribution in [3.63, 3.8) is 0 Å². The third-order valence-electron chi connectivity index (χ3n) is 4.58. The number of unbranched alkanes of at least 4 members (excludes halogenated alkanes) is 1. The summed E-state index contributed by atoms with van der Waals surface area (Å²) in [5.41, 5.74) is 1.37. The average molecular weight is 434 g/mol. The Morgan fingerprint density at radius 3 is 2.33 bits per heavy atom. The minimum Gasteiger partial charge on any atom is -0.494 e. The molecule has 0 N–H and O–H groups in total. The first kappa shape index (κ1) is 23.7. The highest BCUT2D eigenvalue weighted by Gasteiger charge is 2.20. The molecule has 0 saturated carbocycles. The van der Waals surface area contributed by atoms with Crippen LogP contribution >= 0.6 is 0 Å². The molecule has 0 saturated heterocycles. The van der Waals surface area contributed by atoms with Gasteiger partial charge in [0, 0.05) is 18.2 Å². The minimum atomic E-state index is -3.60. The van der Waals surface area contributed by atoms with Gasteiger partial charge >= 0.3 is 10.1 Å². The second-order valence-electron chi connectivity index (χ2n) is 7.33. The normalized spacial score (nSPS) is 11.4. The quantitative estimate of drug-likeness (QED) is 0.381. The van der Waals surface area contributed by atoms with Crippen molar-refractivity contribution < 1.29 is 22.1 Å². The van der Waals surface area contributed by atoms with Gasteiger partial charge in [0.05, 0.1) is 12.4 Å². The van der Waals surface area contributed by atoms with Crippen LogP contribution in [0.5, 0.6) is 11.5 Å². The zero-order valence-corrected chi connectivity index (χ0v) is 18.9. The fourth-order valence-electron chi connectivity index (χ4n) is 2.78. The molecule has 1 amide bonds. The van der Waals surface area contributed by atoms with E-state index in [0.717, 1.165) is 24.2 Å². The molecule has 30 heavy (non-hydrogen) atoms. The zero-order valence-electron chi connectivity index (χ0n) is 18.1. The lowest BCUT2D eigenvalue weighted by molar-refractivity contribution is 0.0690. The molecule has 0 aliphatic carbocycles. The van der Waals surface area contributed by atoms with Crippen LogP contribution in [0.3, 0.4) is 0 Å². The standard InChI is InChI=1S/C23H31NO5S/c1-5-7-15-28-21-13-11-20(12-14-21)23(25)24(18(3)4)17-19-9-8-10-22(16-19)29-30(26,27)6-2/h8-14,16,18H,5-7,15,17H2,1-4H3. The topological polar surface area (TPSA) is 72.9 Å². The van der Waals surface area contributed by atoms with Crippen molar-refractivity contribution in [2.75, 3.05) is 12.4 Å². The van der Waals surface area contributed by atoms with Crippen LogP contribution in [0.2, 0.25) is 0 Å². The maximum Gasteiger partial charge on any atom is 0.308 e. The maximum atomic E-state index is 13.1. The molecule has 2 aromatic rings. The second kappa shape index (κ2) is 11.0. The van der Waals surface area contributed by atoms with E-state index >= 15 is 0 Å². The lowest BCUT2D eigenvalue weighted by Gasteiger charge is -2.27. The van der Waals surface area contributed by atoms with Crippen LogP contribution in [-0.2, 0) is 16.7 Å². The van der Waals surface area contributed by atoms with Crippen LogP contribution in [0.4, 0.5) is 0 Å². The van der Waals surface area contributed by atoms with Crippen LogP contribution < -0.4 is 8.92 Å². The summed E-state index contributed by atoms with van der Waals surface area (Å²) in [5, 5.41) is 0. The molecule has 0 fully saturated rings. The van der Waals surface area contributed by atoms with E-state index in [-0.39, 0.29) is 23.5 Å². The first-order valence-corrected chi connectivity index (χ1v) is 11.9. The Kier molecular flexibility index (Phi) is 8.72. The Hall–Kier alpha value is -2.54. The van der Waals surface area contributed by atoms with Gasteiger partial charge in [0.15, 0.2) is 0 Å². The van der Waals surface area contributed by atoms with Gasteiger partial charge in [-0.3, -0.25) is 4.79 Å². The molecule has 7 heteroatoms. The van der Waals surface area contributed by atoms with Crippen molar-refractivity contribution in [2.45, 2.75) is 53.1 Å². The third-order valence-corrected chi connectivity index (χ3v) is 5.73. The molecule has 2 aromatic carbocycles. The lowest BCUT2D eigenvalue weighted by Crippen LogP contribution is -2.36. The summed E-state index contributed by atoms with van der Waals surface area (Å²) in [4.78, 5) is 14.8. The average Bonchev–Trinajstić information content (AvgIpc) is 2.72. The Morgan fingerprint density at radius 1 is 1.03 bits per heavy atom. The highest BCUT2D eigenvalue weighted by Crippen LogP contribution is 2.20. The molecule has 0 aliphatic rings. The largest absolute Gasteiger partial charge is 0.494 e. The maximum absolute atomic E-state index is 13.1. The number of carbonyl (C=O) groups excluding carboxylic acids is 1. The smallest absolute Gasteiger partial charge is 0.308 e. The molecule has 0 aromatic heterocycles. The molecule has 0 heterocycles. The van der Waals surface area contributed by atoms with Crippen LogP contribution in [0, 0.1) is 0 Å². The molecular weight excluding hydrogens is 402 g/mol. The Balaban J connectivity index is 2.13. The van der Waals surface area contributed by atoms with Crippen molar-refractivity contribution >= 4 is 16.0 Å². The Bertz CT molecular complexity index is 923. The van der Waals surface area contributed by atoms with E-state index in [1.807, 2.05) is 32.0 Å². The summed E-state index contributed by atoms with van der Waals surface area (Å²) in [6, 6.07) is 13.9. The summed E-state index contributed by atoms with van der Waals surface area (Å²) < 4.78 is 34.2. The van der Waals surface area contributed by atoms with E-state index in [0.29, 0.717) is 18.7 Å². The predicted octanol–water partition coefficient (Wildman–Crippen LogP) is 4.64. The van der Waals surface area contributed by atoms with Crippen LogP contribution in [0.1, 0.15) is 56.5 Å². The molecular formula is C23H31NO5S. The SMILES string of the molecule is CCCCOc1ccc(C(=O)N(Cc2cccc(OS(=O)(=O)CC)c2)C(C)C)cc1. The third kappa shape index (κ3) is 7.06. The van der Waals surface area contributed by atoms with Gasteiger partial charge in [-0.25, -0.2) is 0 Å². The van der Waals surface area contributed by atoms with Gasteiger partial charge < -0.3 is 13.8 Å². The summed E-state index contributed by atoms with van der Waals surface area (Å²) in [5.74, 6) is 0.793. The van der Waals surface area contributed by atoms with Crippen molar-refractivity contribution in [1.29, 1.82) is 0 Å². The highest BCUT2D eigenvalue weighted by atomic mass is 32.2. The minimum absolute atomic E-state index is 0.0399. The number of ether oxygens (including phenoxy) is 1. The molecule has 0 unspecified atom stereocenters. The van der Waals surface area contributed by atoms with E-state index in [9.17, 15) is 13.2 Å². The summed E-state index contributed by atoms with van der Waals surface area (Å²) >= 11 is 0. The van der Waals surface area contributed by atoms with Gasteiger partial charge in [0.2, 0.25) is 0 Å². The van der Waals surface area contributed by atoms with Crippen molar-refractivity contribution in [1.82, 2.24) is 4.90 Å². The first-order chi connectivity index (χ1) is 14.3. The van der Waals surface area contributed by atoms with Gasteiger partial charge in [-0.05, 0) is 69.2 Å². The summed E-state index contributed by atoms with van der Waals surface area (Å²) in [6.07, 6.45) is 2.06. The number of benzene rings is 2. The number of hydrogen-bond acceptors (Lipinski definition) is 5. The fraction of sp³-hybridized carbons (Fsp3) is 0.435. The molecule has 164 valence electrons. The highest BCUT2D eigenvalue weighted by molar-refractivity contribution is 7.87. The van der Waals surface area contributed by atoms with Crippen molar-refractivity contribution in [3.05, 3.63) is 59.7 Å². The van der Waals surface area contributed by atoms with Gasteiger partial charge in [-0.1, -0.05) is 25.5 Å². The first-order valence-electron chi connectivity index (χ1n) is 10.3. The number of hydrogen-bond donors (Lipinski definition) is 0. The molecule has 0 aliphatic heterocycles. The fourth-order valence-corrected chi connectivity index (χ4v) is 3.30. The molecule has 0 bridgehead atoms. The van der Waals surface area contributed by atoms with Crippen LogP contribution in [-0.4, -0.2) is 37.6 Å². The van der Waals surface area contributed by atoms with Crippen LogP contribution in [0.25, 0.3) is 0 Å². The van der Waals surface area contributed by atoms with E-state index in [1.54, 1.807) is 35.2 Å². The van der Waals surface area contributed by atoms with Crippen molar-refractivity contribution in [2.24, 2.45) is 0 Å². The van der Waals surface area contributed by atoms with Crippen LogP contribution in [0.15, 0.2) is 48.5 Å². The van der Waals surface area contributed by atoms with Crippen molar-refractivity contribution in [3.8, 4) is 11.5 Å². The molecule has 0 atom stereocenters. The van der Waals surface area contributed by atoms with E-state index in [2.05, 4.69) is 6.92 Å².